The molecule has 0 saturated carbocycles. The molecule has 0 aromatic rings. The van der Waals surface area contributed by atoms with Gasteiger partial charge >= 0.3 is 18.9 Å². The number of hydrogen-bond donors (Lipinski definition) is 0. The summed E-state index contributed by atoms with van der Waals surface area (Å²) in [6.45, 7) is 6.98. The van der Waals surface area contributed by atoms with Gasteiger partial charge in [-0.3, -0.25) is 0 Å². The molecule has 0 aliphatic heterocycles. The molecule has 0 bridgehead atoms. The van der Waals surface area contributed by atoms with Crippen LogP contribution in [0, 0.1) is 0 Å². The summed E-state index contributed by atoms with van der Waals surface area (Å²) in [5, 5.41) is 4.97. The van der Waals surface area contributed by atoms with Gasteiger partial charge in [0.05, 0.1) is 0 Å². The summed E-state index contributed by atoms with van der Waals surface area (Å²) in [5.41, 5.74) is 0. The van der Waals surface area contributed by atoms with E-state index in [0.29, 0.717) is 0 Å². The summed E-state index contributed by atoms with van der Waals surface area (Å²) in [6, 6.07) is 0. The molecule has 0 aromatic heterocycles. The Morgan fingerprint density at radius 1 is 0.370 bits per heavy atom. The molecule has 0 rings (SSSR count). The third kappa shape index (κ3) is 21.7. The SMILES string of the molecule is CCCCCCC[CH2][Al-]([CH3])([CH2]CCCCCCC)[CH2]CCCCCCC.[Li+]. The van der Waals surface area contributed by atoms with Gasteiger partial charge in [0.2, 0.25) is 0 Å². The molecule has 0 amide bonds. The van der Waals surface area contributed by atoms with Crippen molar-refractivity contribution in [3.63, 3.8) is 0 Å². The molecule has 0 aromatic carbocycles. The molecule has 0 unspecified atom stereocenters. The second-order valence-electron chi connectivity index (χ2n) is 9.76. The zero-order chi connectivity index (χ0) is 19.3. The molecule has 0 radical (unpaired) electrons. The van der Waals surface area contributed by atoms with E-state index < -0.39 is 13.1 Å². The zero-order valence-corrected chi connectivity index (χ0v) is 21.6. The van der Waals surface area contributed by atoms with Crippen LogP contribution in [0.4, 0.5) is 0 Å². The molecule has 0 nitrogen and oxygen atoms in total. The molecule has 27 heavy (non-hydrogen) atoms. The van der Waals surface area contributed by atoms with E-state index in [4.69, 9.17) is 0 Å². The van der Waals surface area contributed by atoms with Crippen LogP contribution in [-0.4, -0.2) is 13.1 Å². The van der Waals surface area contributed by atoms with Gasteiger partial charge in [0.15, 0.2) is 0 Å². The minimum Gasteiger partial charge on any atom is -0.203 e. The van der Waals surface area contributed by atoms with Crippen LogP contribution in [0.25, 0.3) is 0 Å². The van der Waals surface area contributed by atoms with Crippen molar-refractivity contribution in [1.82, 2.24) is 0 Å². The van der Waals surface area contributed by atoms with Crippen molar-refractivity contribution in [2.45, 2.75) is 158 Å². The Morgan fingerprint density at radius 2 is 0.593 bits per heavy atom. The third-order valence-electron chi connectivity index (χ3n) is 6.76. The van der Waals surface area contributed by atoms with Gasteiger partial charge in [-0.25, -0.2) is 5.79 Å². The van der Waals surface area contributed by atoms with Crippen molar-refractivity contribution in [3.05, 3.63) is 0 Å². The van der Waals surface area contributed by atoms with Crippen LogP contribution in [0.2, 0.25) is 21.6 Å². The molecular weight excluding hydrogens is 334 g/mol. The van der Waals surface area contributed by atoms with Gasteiger partial charge in [0.25, 0.3) is 0 Å². The zero-order valence-electron chi connectivity index (χ0n) is 20.4. The first kappa shape index (κ1) is 30.3. The van der Waals surface area contributed by atoms with Crippen LogP contribution in [-0.2, 0) is 0 Å². The fourth-order valence-electron chi connectivity index (χ4n) is 4.69. The first-order valence-electron chi connectivity index (χ1n) is 12.9. The van der Waals surface area contributed by atoms with Crippen LogP contribution in [0.1, 0.15) is 136 Å². The van der Waals surface area contributed by atoms with Crippen molar-refractivity contribution in [1.29, 1.82) is 0 Å². The maximum absolute atomic E-state index is 2.79. The molecule has 158 valence electrons. The van der Waals surface area contributed by atoms with E-state index in [0.717, 1.165) is 0 Å². The molecule has 0 spiro atoms. The van der Waals surface area contributed by atoms with Gasteiger partial charge in [0.1, 0.15) is 13.1 Å². The summed E-state index contributed by atoms with van der Waals surface area (Å²) in [7, 11) is 0. The molecule has 0 N–H and O–H groups in total. The van der Waals surface area contributed by atoms with Crippen LogP contribution in [0.5, 0.6) is 0 Å². The summed E-state index contributed by atoms with van der Waals surface area (Å²) in [6.07, 6.45) is 26.6. The normalized spacial score (nSPS) is 11.6. The molecule has 0 atom stereocenters. The average Bonchev–Trinajstić information content (AvgIpc) is 2.64. The Balaban J connectivity index is 0. The van der Waals surface area contributed by atoms with Crippen LogP contribution >= 0.6 is 0 Å². The van der Waals surface area contributed by atoms with Crippen molar-refractivity contribution < 1.29 is 18.9 Å². The molecule has 0 heterocycles. The second kappa shape index (κ2) is 23.4. The molecule has 2 heteroatoms. The van der Waals surface area contributed by atoms with Gasteiger partial charge < -0.3 is 0 Å². The molecule has 0 aliphatic carbocycles. The average molecular weight is 389 g/mol. The Hall–Kier alpha value is 1.13. The second-order valence-corrected chi connectivity index (χ2v) is 15.7. The monoisotopic (exact) mass is 388 g/mol. The smallest absolute Gasteiger partial charge is 0.203 e. The van der Waals surface area contributed by atoms with Gasteiger partial charge in [-0.1, -0.05) is 136 Å². The Labute approximate surface area is 189 Å². The maximum Gasteiger partial charge on any atom is 1.00 e. The number of unbranched alkanes of at least 4 members (excludes halogenated alkanes) is 15. The number of hydrogen-bond acceptors (Lipinski definition) is 0. The van der Waals surface area contributed by atoms with E-state index in [9.17, 15) is 0 Å². The molecule has 0 aliphatic rings. The van der Waals surface area contributed by atoms with Crippen LogP contribution < -0.4 is 18.9 Å². The van der Waals surface area contributed by atoms with Gasteiger partial charge in [-0.05, 0) is 0 Å². The van der Waals surface area contributed by atoms with E-state index in [-0.39, 0.29) is 18.9 Å². The Kier molecular flexibility index (Phi) is 26.3. The van der Waals surface area contributed by atoms with Crippen LogP contribution in [0.15, 0.2) is 0 Å². The summed E-state index contributed by atoms with van der Waals surface area (Å²) < 4.78 is 0. The molecule has 0 fully saturated rings. The molecule has 0 saturated heterocycles. The van der Waals surface area contributed by atoms with Crippen molar-refractivity contribution >= 4 is 13.1 Å². The number of rotatable bonds is 21. The van der Waals surface area contributed by atoms with Crippen LogP contribution in [0.3, 0.4) is 0 Å². The Morgan fingerprint density at radius 3 is 0.852 bits per heavy atom. The van der Waals surface area contributed by atoms with Crippen molar-refractivity contribution in [2.75, 3.05) is 0 Å². The van der Waals surface area contributed by atoms with Gasteiger partial charge in [-0.2, -0.15) is 15.8 Å². The summed E-state index contributed by atoms with van der Waals surface area (Å²) in [5.74, 6) is 2.79. The summed E-state index contributed by atoms with van der Waals surface area (Å²) >= 11 is -1.27. The quantitative estimate of drug-likeness (QED) is 0.145. The fourth-order valence-corrected chi connectivity index (χ4v) is 9.37. The van der Waals surface area contributed by atoms with E-state index in [1.165, 1.54) is 96.3 Å². The van der Waals surface area contributed by atoms with Gasteiger partial charge in [0, 0.05) is 0 Å². The predicted octanol–water partition coefficient (Wildman–Crippen LogP) is 7.15. The summed E-state index contributed by atoms with van der Waals surface area (Å²) in [4.78, 5) is 0. The van der Waals surface area contributed by atoms with Crippen molar-refractivity contribution in [2.24, 2.45) is 0 Å². The Bertz CT molecular complexity index is 226. The standard InChI is InChI=1S/3C8H17.CH3.Al.Li/c3*1-3-5-7-8-6-4-2;;;/h3*1,3-8H2,2H3;1H3;;/q;;;;-1;+1. The van der Waals surface area contributed by atoms with Crippen molar-refractivity contribution in [3.8, 4) is 0 Å². The first-order chi connectivity index (χ1) is 12.7. The largest absolute Gasteiger partial charge is 1.00 e. The first-order valence-corrected chi connectivity index (χ1v) is 16.5. The van der Waals surface area contributed by atoms with E-state index in [2.05, 4.69) is 26.6 Å². The van der Waals surface area contributed by atoms with E-state index >= 15 is 0 Å². The van der Waals surface area contributed by atoms with Gasteiger partial charge in [-0.15, -0.1) is 0 Å². The maximum atomic E-state index is 2.79. The van der Waals surface area contributed by atoms with E-state index in [1.54, 1.807) is 35.1 Å². The third-order valence-corrected chi connectivity index (χ3v) is 12.2. The predicted molar refractivity (Wildman–Crippen MR) is 126 cm³/mol. The topological polar surface area (TPSA) is 0 Å². The minimum atomic E-state index is -1.27. The minimum absolute atomic E-state index is 0. The van der Waals surface area contributed by atoms with E-state index in [1.807, 2.05) is 0 Å². The fraction of sp³-hybridized carbons (Fsp3) is 1.00. The molecular formula is C25H54AlLi.